The molecule has 0 radical (unpaired) electrons. The van der Waals surface area contributed by atoms with Crippen molar-refractivity contribution in [3.63, 3.8) is 0 Å². The Morgan fingerprint density at radius 2 is 1.41 bits per heavy atom. The summed E-state index contributed by atoms with van der Waals surface area (Å²) < 4.78 is 74.6. The predicted molar refractivity (Wildman–Crippen MR) is 169 cm³/mol. The van der Waals surface area contributed by atoms with Crippen molar-refractivity contribution in [1.29, 1.82) is 0 Å². The van der Waals surface area contributed by atoms with Gasteiger partial charge in [0.05, 0.1) is 12.6 Å². The number of nitrogens with zero attached hydrogens (tertiary/aromatic N) is 2. The van der Waals surface area contributed by atoms with Crippen molar-refractivity contribution in [3.05, 3.63) is 132 Å². The van der Waals surface area contributed by atoms with Gasteiger partial charge in [0.25, 0.3) is 0 Å². The molecule has 0 bridgehead atoms. The third-order valence-corrected chi connectivity index (χ3v) is 9.03. The number of alkyl halides is 3. The summed E-state index contributed by atoms with van der Waals surface area (Å²) in [7, 11) is -4.27. The predicted octanol–water partition coefficient (Wildman–Crippen LogP) is 8.81. The molecule has 238 valence electrons. The van der Waals surface area contributed by atoms with Crippen LogP contribution in [0.2, 0.25) is 0 Å². The van der Waals surface area contributed by atoms with Crippen LogP contribution in [0.4, 0.5) is 13.2 Å². The second kappa shape index (κ2) is 13.4. The lowest BCUT2D eigenvalue weighted by atomic mass is 9.92. The standard InChI is InChI=1S/C35H32F3N2O5P/c36-35(37,38)43-32-13-7-8-26(20-32)23-40-33(28-18-19-28)21-29(27-16-14-25(24-41)15-17-27)22-34(40)39-46(42,44-30-9-3-1-4-10-30)45-31-11-5-2-6-12-31/h1-17,20-21,28,33,41H,18-19,22-24H2/b39-34-. The van der Waals surface area contributed by atoms with Crippen LogP contribution in [-0.2, 0) is 17.7 Å². The average molecular weight is 649 g/mol. The third kappa shape index (κ3) is 8.19. The van der Waals surface area contributed by atoms with Gasteiger partial charge in [0.15, 0.2) is 0 Å². The van der Waals surface area contributed by atoms with Gasteiger partial charge < -0.3 is 23.8 Å². The van der Waals surface area contributed by atoms with Gasteiger partial charge in [0.2, 0.25) is 0 Å². The Hall–Kier alpha value is -4.53. The minimum Gasteiger partial charge on any atom is -0.406 e. The number of aliphatic hydroxyl groups is 1. The molecule has 11 heteroatoms. The van der Waals surface area contributed by atoms with E-state index in [0.717, 1.165) is 29.5 Å². The van der Waals surface area contributed by atoms with Gasteiger partial charge in [-0.3, -0.25) is 0 Å². The first kappa shape index (κ1) is 31.5. The van der Waals surface area contributed by atoms with Crippen LogP contribution >= 0.6 is 7.75 Å². The van der Waals surface area contributed by atoms with Gasteiger partial charge in [0.1, 0.15) is 23.1 Å². The Bertz CT molecular complexity index is 1700. The number of ether oxygens (including phenoxy) is 1. The van der Waals surface area contributed by atoms with Crippen molar-refractivity contribution in [2.24, 2.45) is 10.7 Å². The zero-order valence-electron chi connectivity index (χ0n) is 24.7. The minimum atomic E-state index is -4.83. The van der Waals surface area contributed by atoms with Gasteiger partial charge in [-0.25, -0.2) is 4.57 Å². The molecule has 6 rings (SSSR count). The van der Waals surface area contributed by atoms with E-state index in [1.807, 2.05) is 29.2 Å². The second-order valence-electron chi connectivity index (χ2n) is 11.2. The molecule has 1 fully saturated rings. The van der Waals surface area contributed by atoms with Gasteiger partial charge in [-0.15, -0.1) is 17.9 Å². The molecule has 1 unspecified atom stereocenters. The van der Waals surface area contributed by atoms with E-state index in [9.17, 15) is 22.8 Å². The Balaban J connectivity index is 1.44. The molecule has 1 saturated carbocycles. The molecular weight excluding hydrogens is 616 g/mol. The molecular formula is C35H32F3N2O5P. The highest BCUT2D eigenvalue weighted by atomic mass is 31.2. The molecule has 4 aromatic carbocycles. The van der Waals surface area contributed by atoms with Crippen LogP contribution in [0, 0.1) is 5.92 Å². The summed E-state index contributed by atoms with van der Waals surface area (Å²) in [4.78, 5) is 1.98. The molecule has 1 N–H and O–H groups in total. The quantitative estimate of drug-likeness (QED) is 0.164. The number of amidine groups is 1. The van der Waals surface area contributed by atoms with Gasteiger partial charge in [-0.2, -0.15) is 0 Å². The van der Waals surface area contributed by atoms with Crippen LogP contribution in [0.25, 0.3) is 5.57 Å². The van der Waals surface area contributed by atoms with Crippen LogP contribution in [0.3, 0.4) is 0 Å². The lowest BCUT2D eigenvalue weighted by Crippen LogP contribution is -2.43. The van der Waals surface area contributed by atoms with Crippen LogP contribution in [0.1, 0.15) is 36.0 Å². The topological polar surface area (TPSA) is 80.6 Å². The van der Waals surface area contributed by atoms with Gasteiger partial charge in [0, 0.05) is 13.0 Å². The van der Waals surface area contributed by atoms with E-state index in [2.05, 4.69) is 10.8 Å². The van der Waals surface area contributed by atoms with Crippen molar-refractivity contribution in [2.45, 2.75) is 44.8 Å². The molecule has 46 heavy (non-hydrogen) atoms. The van der Waals surface area contributed by atoms with E-state index in [4.69, 9.17) is 13.8 Å². The Morgan fingerprint density at radius 1 is 0.804 bits per heavy atom. The van der Waals surface area contributed by atoms with E-state index < -0.39 is 14.1 Å². The lowest BCUT2D eigenvalue weighted by Gasteiger charge is -2.38. The molecule has 1 aliphatic carbocycles. The van der Waals surface area contributed by atoms with E-state index in [1.54, 1.807) is 66.7 Å². The third-order valence-electron chi connectivity index (χ3n) is 7.68. The smallest absolute Gasteiger partial charge is 0.406 e. The number of rotatable bonds is 11. The van der Waals surface area contributed by atoms with E-state index in [0.29, 0.717) is 22.9 Å². The van der Waals surface area contributed by atoms with E-state index in [-0.39, 0.29) is 37.3 Å². The minimum absolute atomic E-state index is 0.0849. The first-order valence-corrected chi connectivity index (χ1v) is 16.4. The van der Waals surface area contributed by atoms with Gasteiger partial charge in [-0.1, -0.05) is 78.9 Å². The van der Waals surface area contributed by atoms with Gasteiger partial charge >= 0.3 is 14.1 Å². The molecule has 7 nitrogen and oxygen atoms in total. The van der Waals surface area contributed by atoms with E-state index >= 15 is 0 Å². The Morgan fingerprint density at radius 3 is 1.98 bits per heavy atom. The van der Waals surface area contributed by atoms with Crippen molar-refractivity contribution in [3.8, 4) is 17.2 Å². The number of hydrogen-bond acceptors (Lipinski definition) is 5. The zero-order chi connectivity index (χ0) is 32.1. The van der Waals surface area contributed by atoms with E-state index in [1.165, 1.54) is 18.2 Å². The first-order chi connectivity index (χ1) is 22.2. The van der Waals surface area contributed by atoms with Crippen LogP contribution in [0.5, 0.6) is 17.2 Å². The summed E-state index contributed by atoms with van der Waals surface area (Å²) in [6.45, 7) is 0.0947. The number of halogens is 3. The zero-order valence-corrected chi connectivity index (χ0v) is 25.6. The maximum Gasteiger partial charge on any atom is 0.573 e. The highest BCUT2D eigenvalue weighted by molar-refractivity contribution is 7.53. The maximum absolute atomic E-state index is 14.6. The Labute approximate surface area is 265 Å². The number of para-hydroxylation sites is 2. The SMILES string of the molecule is O=P(/N=C1/CC(c2ccc(CO)cc2)=CC(C2CC2)N1Cc1cccc(OC(F)(F)F)c1)(Oc1ccccc1)Oc1ccccc1. The summed E-state index contributed by atoms with van der Waals surface area (Å²) in [5, 5.41) is 9.56. The van der Waals surface area contributed by atoms with Crippen molar-refractivity contribution >= 4 is 19.2 Å². The molecule has 0 amide bonds. The van der Waals surface area contributed by atoms with Gasteiger partial charge in [-0.05, 0) is 77.4 Å². The van der Waals surface area contributed by atoms with Crippen molar-refractivity contribution in [2.75, 3.05) is 0 Å². The van der Waals surface area contributed by atoms with Crippen LogP contribution in [0.15, 0.2) is 120 Å². The van der Waals surface area contributed by atoms with Crippen molar-refractivity contribution < 1.29 is 36.6 Å². The summed E-state index contributed by atoms with van der Waals surface area (Å²) in [6, 6.07) is 30.4. The fraction of sp³-hybridized carbons (Fsp3) is 0.229. The number of benzene rings is 4. The number of hydrogen-bond donors (Lipinski definition) is 1. The highest BCUT2D eigenvalue weighted by Crippen LogP contribution is 2.52. The largest absolute Gasteiger partial charge is 0.573 e. The maximum atomic E-state index is 14.6. The molecule has 1 heterocycles. The monoisotopic (exact) mass is 648 g/mol. The average Bonchev–Trinajstić information content (AvgIpc) is 3.88. The molecule has 0 spiro atoms. The van der Waals surface area contributed by atoms with Crippen molar-refractivity contribution in [1.82, 2.24) is 4.90 Å². The number of aliphatic hydroxyl groups excluding tert-OH is 1. The second-order valence-corrected chi connectivity index (χ2v) is 12.7. The summed E-state index contributed by atoms with van der Waals surface area (Å²) in [5.41, 5.74) is 3.19. The normalized spacial score (nSPS) is 17.8. The fourth-order valence-corrected chi connectivity index (χ4v) is 6.77. The highest BCUT2D eigenvalue weighted by Gasteiger charge is 2.41. The summed E-state index contributed by atoms with van der Waals surface area (Å²) in [6.07, 6.45) is -0.510. The molecule has 1 atom stereocenters. The summed E-state index contributed by atoms with van der Waals surface area (Å²) >= 11 is 0. The molecule has 1 aliphatic heterocycles. The fourth-order valence-electron chi connectivity index (χ4n) is 5.41. The summed E-state index contributed by atoms with van der Waals surface area (Å²) in [5.74, 6) is 0.961. The molecule has 0 saturated heterocycles. The molecule has 2 aliphatic rings. The van der Waals surface area contributed by atoms with Crippen LogP contribution < -0.4 is 13.8 Å². The molecule has 0 aromatic heterocycles. The molecule has 4 aromatic rings. The first-order valence-electron chi connectivity index (χ1n) is 14.9. The van der Waals surface area contributed by atoms with Crippen LogP contribution in [-0.4, -0.2) is 28.2 Å². The Kier molecular flexibility index (Phi) is 9.20. The lowest BCUT2D eigenvalue weighted by molar-refractivity contribution is -0.274.